The molecule has 1 atom stereocenters. The van der Waals surface area contributed by atoms with Crippen molar-refractivity contribution in [1.82, 2.24) is 0 Å². The first kappa shape index (κ1) is 15.4. The molecule has 2 nitrogen and oxygen atoms in total. The van der Waals surface area contributed by atoms with E-state index >= 15 is 0 Å². The third-order valence-electron chi connectivity index (χ3n) is 4.61. The first-order chi connectivity index (χ1) is 9.60. The molecule has 0 amide bonds. The lowest BCUT2D eigenvalue weighted by Gasteiger charge is -2.32. The lowest BCUT2D eigenvalue weighted by atomic mass is 9.76. The average Bonchev–Trinajstić information content (AvgIpc) is 2.47. The molecule has 1 aliphatic rings. The summed E-state index contributed by atoms with van der Waals surface area (Å²) in [6.07, 6.45) is 6.81. The molecule has 1 aromatic rings. The average molecular weight is 275 g/mol. The Hall–Kier alpha value is -1.02. The van der Waals surface area contributed by atoms with Crippen LogP contribution in [0.5, 0.6) is 5.75 Å². The highest BCUT2D eigenvalue weighted by molar-refractivity contribution is 5.29. The second kappa shape index (κ2) is 7.12. The fraction of sp³-hybridized carbons (Fsp3) is 0.667. The minimum atomic E-state index is 0.181. The largest absolute Gasteiger partial charge is 0.491 e. The van der Waals surface area contributed by atoms with E-state index in [0.717, 1.165) is 11.7 Å². The SMILES string of the molecule is CCC1CCC(C(N)c2ccc(OC(C)C)cc2)CC1. The van der Waals surface area contributed by atoms with Crippen LogP contribution in [0.1, 0.15) is 64.5 Å². The molecule has 1 saturated carbocycles. The number of benzene rings is 1. The van der Waals surface area contributed by atoms with Crippen molar-refractivity contribution in [3.8, 4) is 5.75 Å². The Morgan fingerprint density at radius 1 is 1.10 bits per heavy atom. The minimum absolute atomic E-state index is 0.181. The molecule has 0 aromatic heterocycles. The van der Waals surface area contributed by atoms with E-state index in [1.807, 2.05) is 26.0 Å². The molecule has 0 aliphatic heterocycles. The number of hydrogen-bond acceptors (Lipinski definition) is 2. The van der Waals surface area contributed by atoms with Crippen LogP contribution in [-0.4, -0.2) is 6.10 Å². The molecule has 1 aliphatic carbocycles. The van der Waals surface area contributed by atoms with Gasteiger partial charge in [-0.3, -0.25) is 0 Å². The van der Waals surface area contributed by atoms with Gasteiger partial charge >= 0.3 is 0 Å². The van der Waals surface area contributed by atoms with Crippen LogP contribution in [0, 0.1) is 11.8 Å². The van der Waals surface area contributed by atoms with E-state index in [-0.39, 0.29) is 12.1 Å². The molecule has 0 bridgehead atoms. The number of nitrogens with two attached hydrogens (primary N) is 1. The summed E-state index contributed by atoms with van der Waals surface area (Å²) in [6.45, 7) is 6.40. The second-order valence-corrected chi connectivity index (χ2v) is 6.45. The molecule has 2 heteroatoms. The molecule has 20 heavy (non-hydrogen) atoms. The van der Waals surface area contributed by atoms with Gasteiger partial charge in [-0.2, -0.15) is 0 Å². The van der Waals surface area contributed by atoms with Crippen molar-refractivity contribution >= 4 is 0 Å². The van der Waals surface area contributed by atoms with Gasteiger partial charge in [-0.1, -0.05) is 38.3 Å². The molecule has 0 spiro atoms. The maximum Gasteiger partial charge on any atom is 0.119 e. The Balaban J connectivity index is 1.94. The van der Waals surface area contributed by atoms with Crippen LogP contribution in [0.15, 0.2) is 24.3 Å². The summed E-state index contributed by atoms with van der Waals surface area (Å²) in [6, 6.07) is 8.54. The molecule has 1 unspecified atom stereocenters. The first-order valence-corrected chi connectivity index (χ1v) is 8.12. The third kappa shape index (κ3) is 3.99. The van der Waals surface area contributed by atoms with Crippen molar-refractivity contribution < 1.29 is 4.74 Å². The number of hydrogen-bond donors (Lipinski definition) is 1. The lowest BCUT2D eigenvalue weighted by Crippen LogP contribution is -2.25. The second-order valence-electron chi connectivity index (χ2n) is 6.45. The first-order valence-electron chi connectivity index (χ1n) is 8.12. The van der Waals surface area contributed by atoms with Gasteiger partial charge in [0.2, 0.25) is 0 Å². The molecule has 0 heterocycles. The van der Waals surface area contributed by atoms with Crippen molar-refractivity contribution in [2.75, 3.05) is 0 Å². The summed E-state index contributed by atoms with van der Waals surface area (Å²) < 4.78 is 5.68. The Kier molecular flexibility index (Phi) is 5.47. The third-order valence-corrected chi connectivity index (χ3v) is 4.61. The van der Waals surface area contributed by atoms with Crippen molar-refractivity contribution in [3.63, 3.8) is 0 Å². The van der Waals surface area contributed by atoms with E-state index in [1.54, 1.807) is 0 Å². The Morgan fingerprint density at radius 2 is 1.70 bits per heavy atom. The predicted molar refractivity (Wildman–Crippen MR) is 84.9 cm³/mol. The van der Waals surface area contributed by atoms with Gasteiger partial charge in [0.1, 0.15) is 5.75 Å². The van der Waals surface area contributed by atoms with Crippen LogP contribution in [0.25, 0.3) is 0 Å². The Morgan fingerprint density at radius 3 is 2.20 bits per heavy atom. The van der Waals surface area contributed by atoms with Crippen LogP contribution >= 0.6 is 0 Å². The van der Waals surface area contributed by atoms with Gasteiger partial charge in [-0.25, -0.2) is 0 Å². The zero-order chi connectivity index (χ0) is 14.5. The van der Waals surface area contributed by atoms with E-state index in [0.29, 0.717) is 5.92 Å². The molecule has 1 fully saturated rings. The molecule has 112 valence electrons. The summed E-state index contributed by atoms with van der Waals surface area (Å²) in [5.74, 6) is 2.51. The zero-order valence-electron chi connectivity index (χ0n) is 13.1. The van der Waals surface area contributed by atoms with E-state index in [2.05, 4.69) is 19.1 Å². The molecule has 0 radical (unpaired) electrons. The van der Waals surface area contributed by atoms with Gasteiger partial charge in [-0.15, -0.1) is 0 Å². The summed E-state index contributed by atoms with van der Waals surface area (Å²) in [5.41, 5.74) is 7.72. The maximum absolute atomic E-state index is 6.47. The standard InChI is InChI=1S/C18H29NO/c1-4-14-5-7-15(8-6-14)18(19)16-9-11-17(12-10-16)20-13(2)3/h9-15,18H,4-8,19H2,1-3H3. The van der Waals surface area contributed by atoms with Gasteiger partial charge in [0.05, 0.1) is 6.10 Å². The van der Waals surface area contributed by atoms with Gasteiger partial charge in [-0.05, 0) is 56.2 Å². The van der Waals surface area contributed by atoms with Crippen molar-refractivity contribution in [3.05, 3.63) is 29.8 Å². The van der Waals surface area contributed by atoms with Crippen molar-refractivity contribution in [1.29, 1.82) is 0 Å². The highest BCUT2D eigenvalue weighted by Gasteiger charge is 2.25. The predicted octanol–water partition coefficient (Wildman–Crippen LogP) is 4.69. The number of rotatable bonds is 5. The topological polar surface area (TPSA) is 35.2 Å². The number of ether oxygens (including phenoxy) is 1. The smallest absolute Gasteiger partial charge is 0.119 e. The normalized spacial score (nSPS) is 24.6. The fourth-order valence-electron chi connectivity index (χ4n) is 3.27. The van der Waals surface area contributed by atoms with Gasteiger partial charge in [0.25, 0.3) is 0 Å². The van der Waals surface area contributed by atoms with Crippen LogP contribution in [0.2, 0.25) is 0 Å². The van der Waals surface area contributed by atoms with Crippen LogP contribution < -0.4 is 10.5 Å². The van der Waals surface area contributed by atoms with E-state index in [9.17, 15) is 0 Å². The van der Waals surface area contributed by atoms with Gasteiger partial charge in [0.15, 0.2) is 0 Å². The molecule has 1 aromatic carbocycles. The van der Waals surface area contributed by atoms with Crippen molar-refractivity contribution in [2.45, 2.75) is 65.0 Å². The molecule has 2 rings (SSSR count). The Labute approximate surface area is 123 Å². The lowest BCUT2D eigenvalue weighted by molar-refractivity contribution is 0.238. The molecular weight excluding hydrogens is 246 g/mol. The van der Waals surface area contributed by atoms with Crippen LogP contribution in [-0.2, 0) is 0 Å². The summed E-state index contributed by atoms with van der Waals surface area (Å²) >= 11 is 0. The zero-order valence-corrected chi connectivity index (χ0v) is 13.1. The van der Waals surface area contributed by atoms with E-state index in [4.69, 9.17) is 10.5 Å². The summed E-state index contributed by atoms with van der Waals surface area (Å²) in [4.78, 5) is 0. The maximum atomic E-state index is 6.47. The molecule has 0 saturated heterocycles. The molecular formula is C18H29NO. The van der Waals surface area contributed by atoms with Gasteiger partial charge < -0.3 is 10.5 Å². The summed E-state index contributed by atoms with van der Waals surface area (Å²) in [5, 5.41) is 0. The van der Waals surface area contributed by atoms with E-state index in [1.165, 1.54) is 37.7 Å². The molecule has 2 N–H and O–H groups in total. The quantitative estimate of drug-likeness (QED) is 0.846. The summed E-state index contributed by atoms with van der Waals surface area (Å²) in [7, 11) is 0. The highest BCUT2D eigenvalue weighted by Crippen LogP contribution is 2.37. The fourth-order valence-corrected chi connectivity index (χ4v) is 3.27. The highest BCUT2D eigenvalue weighted by atomic mass is 16.5. The van der Waals surface area contributed by atoms with E-state index < -0.39 is 0 Å². The van der Waals surface area contributed by atoms with Crippen LogP contribution in [0.4, 0.5) is 0 Å². The van der Waals surface area contributed by atoms with Gasteiger partial charge in [0, 0.05) is 6.04 Å². The van der Waals surface area contributed by atoms with Crippen molar-refractivity contribution in [2.24, 2.45) is 17.6 Å². The Bertz CT molecular complexity index is 390. The minimum Gasteiger partial charge on any atom is -0.491 e. The monoisotopic (exact) mass is 275 g/mol. The van der Waals surface area contributed by atoms with Crippen LogP contribution in [0.3, 0.4) is 0 Å².